The van der Waals surface area contributed by atoms with Gasteiger partial charge in [-0.1, -0.05) is 44.2 Å². The lowest BCUT2D eigenvalue weighted by Gasteiger charge is -2.36. The lowest BCUT2D eigenvalue weighted by Crippen LogP contribution is -2.53. The molecule has 1 aromatic heterocycles. The number of para-hydroxylation sites is 1. The van der Waals surface area contributed by atoms with Crippen LogP contribution in [0.3, 0.4) is 0 Å². The van der Waals surface area contributed by atoms with Gasteiger partial charge in [0, 0.05) is 24.0 Å². The molecule has 0 saturated carbocycles. The molecular formula is C27H27F3N4O3. The van der Waals surface area contributed by atoms with Gasteiger partial charge in [0.25, 0.3) is 5.91 Å². The summed E-state index contributed by atoms with van der Waals surface area (Å²) in [4.78, 5) is 46.7. The molecule has 4 amide bonds. The molecule has 2 aliphatic heterocycles. The summed E-state index contributed by atoms with van der Waals surface area (Å²) >= 11 is 0. The molecule has 7 nitrogen and oxygen atoms in total. The van der Waals surface area contributed by atoms with Gasteiger partial charge >= 0.3 is 12.2 Å². The number of nitrogens with zero attached hydrogens (tertiary/aromatic N) is 2. The van der Waals surface area contributed by atoms with Crippen LogP contribution in [0, 0.1) is 5.92 Å². The van der Waals surface area contributed by atoms with E-state index in [2.05, 4.69) is 10.3 Å². The number of hydrogen-bond acceptors (Lipinski definition) is 3. The van der Waals surface area contributed by atoms with E-state index >= 15 is 0 Å². The molecule has 3 aromatic rings. The monoisotopic (exact) mass is 512 g/mol. The van der Waals surface area contributed by atoms with Crippen molar-refractivity contribution in [2.45, 2.75) is 51.5 Å². The summed E-state index contributed by atoms with van der Waals surface area (Å²) in [5.74, 6) is -1.53. The van der Waals surface area contributed by atoms with E-state index in [1.54, 1.807) is 20.8 Å². The molecule has 1 fully saturated rings. The predicted octanol–water partition coefficient (Wildman–Crippen LogP) is 4.56. The van der Waals surface area contributed by atoms with E-state index in [4.69, 9.17) is 0 Å². The van der Waals surface area contributed by atoms with Gasteiger partial charge in [-0.2, -0.15) is 13.2 Å². The number of hydrogen-bond donors (Lipinski definition) is 2. The van der Waals surface area contributed by atoms with Crippen LogP contribution in [-0.2, 0) is 34.3 Å². The summed E-state index contributed by atoms with van der Waals surface area (Å²) in [6.07, 6.45) is -3.94. The number of nitrogens with one attached hydrogen (secondary N) is 2. The minimum absolute atomic E-state index is 0.171. The Bertz CT molecular complexity index is 1410. The standard InChI is InChI=1S/C27H27F3N4O3/c1-15(2)21(23(35)31-14-16-7-6-8-17(13-16)27(28,29)30)34-24(36)26(3)22-19(11-12-33(26)25(34)37)18-9-4-5-10-20(18)32-22/h4-10,13,15,21,32H,11-12,14H2,1-3H3,(H,31,35)/t21-,26-/m0/s1. The Morgan fingerprint density at radius 1 is 1.14 bits per heavy atom. The number of urea groups is 1. The number of amides is 4. The molecule has 2 aliphatic rings. The van der Waals surface area contributed by atoms with E-state index in [1.807, 2.05) is 24.3 Å². The largest absolute Gasteiger partial charge is 0.416 e. The fraction of sp³-hybridized carbons (Fsp3) is 0.370. The van der Waals surface area contributed by atoms with Crippen molar-refractivity contribution in [3.63, 3.8) is 0 Å². The second-order valence-corrected chi connectivity index (χ2v) is 10.1. The van der Waals surface area contributed by atoms with Crippen molar-refractivity contribution >= 4 is 28.7 Å². The van der Waals surface area contributed by atoms with Crippen LogP contribution in [0.2, 0.25) is 0 Å². The molecule has 0 radical (unpaired) electrons. The molecule has 0 aliphatic carbocycles. The molecule has 0 spiro atoms. The van der Waals surface area contributed by atoms with E-state index in [9.17, 15) is 27.6 Å². The molecule has 194 valence electrons. The van der Waals surface area contributed by atoms with Gasteiger partial charge in [0.1, 0.15) is 6.04 Å². The van der Waals surface area contributed by atoms with Gasteiger partial charge in [-0.15, -0.1) is 0 Å². The highest BCUT2D eigenvalue weighted by Crippen LogP contribution is 2.45. The first-order chi connectivity index (χ1) is 17.4. The van der Waals surface area contributed by atoms with Crippen molar-refractivity contribution in [3.05, 3.63) is 70.9 Å². The summed E-state index contributed by atoms with van der Waals surface area (Å²) in [5.41, 5.74) is 0.645. The highest BCUT2D eigenvalue weighted by atomic mass is 19.4. The van der Waals surface area contributed by atoms with Crippen molar-refractivity contribution in [1.29, 1.82) is 0 Å². The average Bonchev–Trinajstić information content (AvgIpc) is 3.32. The topological polar surface area (TPSA) is 85.5 Å². The third-order valence-electron chi connectivity index (χ3n) is 7.40. The van der Waals surface area contributed by atoms with Gasteiger partial charge in [0.15, 0.2) is 5.54 Å². The fourth-order valence-electron chi connectivity index (χ4n) is 5.53. The first-order valence-electron chi connectivity index (χ1n) is 12.1. The van der Waals surface area contributed by atoms with Gasteiger partial charge in [-0.25, -0.2) is 9.69 Å². The lowest BCUT2D eigenvalue weighted by atomic mass is 9.86. The van der Waals surface area contributed by atoms with Gasteiger partial charge in [-0.05, 0) is 48.6 Å². The number of halogens is 3. The minimum Gasteiger partial charge on any atom is -0.356 e. The third-order valence-corrected chi connectivity index (χ3v) is 7.40. The van der Waals surface area contributed by atoms with Gasteiger partial charge in [0.2, 0.25) is 5.91 Å². The Kier molecular flexibility index (Phi) is 5.80. The van der Waals surface area contributed by atoms with Crippen molar-refractivity contribution in [3.8, 4) is 0 Å². The molecule has 0 unspecified atom stereocenters. The number of H-pyrrole nitrogens is 1. The van der Waals surface area contributed by atoms with Crippen LogP contribution in [0.25, 0.3) is 10.9 Å². The minimum atomic E-state index is -4.50. The van der Waals surface area contributed by atoms with E-state index in [1.165, 1.54) is 17.0 Å². The number of aromatic nitrogens is 1. The second-order valence-electron chi connectivity index (χ2n) is 10.1. The van der Waals surface area contributed by atoms with Crippen molar-refractivity contribution in [2.24, 2.45) is 5.92 Å². The molecule has 37 heavy (non-hydrogen) atoms. The number of aromatic amines is 1. The smallest absolute Gasteiger partial charge is 0.356 e. The zero-order valence-electron chi connectivity index (χ0n) is 20.6. The summed E-state index contributed by atoms with van der Waals surface area (Å²) in [6.45, 7) is 5.29. The zero-order valence-corrected chi connectivity index (χ0v) is 20.6. The molecule has 2 aromatic carbocycles. The Hall–Kier alpha value is -3.82. The number of imide groups is 1. The summed E-state index contributed by atoms with van der Waals surface area (Å²) in [6, 6.07) is 10.7. The van der Waals surface area contributed by atoms with Crippen LogP contribution >= 0.6 is 0 Å². The Morgan fingerprint density at radius 3 is 2.57 bits per heavy atom. The van der Waals surface area contributed by atoms with E-state index in [0.717, 1.165) is 33.5 Å². The average molecular weight is 513 g/mol. The van der Waals surface area contributed by atoms with E-state index in [-0.39, 0.29) is 12.1 Å². The van der Waals surface area contributed by atoms with E-state index < -0.39 is 47.1 Å². The van der Waals surface area contributed by atoms with Crippen LogP contribution in [0.15, 0.2) is 48.5 Å². The summed E-state index contributed by atoms with van der Waals surface area (Å²) < 4.78 is 39.2. The summed E-state index contributed by atoms with van der Waals surface area (Å²) in [5, 5.41) is 3.63. The van der Waals surface area contributed by atoms with Crippen molar-refractivity contribution in [1.82, 2.24) is 20.1 Å². The van der Waals surface area contributed by atoms with Crippen molar-refractivity contribution < 1.29 is 27.6 Å². The van der Waals surface area contributed by atoms with E-state index in [0.29, 0.717) is 18.7 Å². The summed E-state index contributed by atoms with van der Waals surface area (Å²) in [7, 11) is 0. The van der Waals surface area contributed by atoms with Gasteiger partial charge in [-0.3, -0.25) is 9.59 Å². The van der Waals surface area contributed by atoms with Gasteiger partial charge < -0.3 is 15.2 Å². The predicted molar refractivity (Wildman–Crippen MR) is 130 cm³/mol. The molecule has 1 saturated heterocycles. The van der Waals surface area contributed by atoms with Crippen LogP contribution < -0.4 is 5.32 Å². The normalized spacial score (nSPS) is 20.4. The first kappa shape index (κ1) is 24.9. The second kappa shape index (κ2) is 8.64. The number of carbonyl (C=O) groups is 3. The van der Waals surface area contributed by atoms with Crippen LogP contribution in [-0.4, -0.2) is 45.2 Å². The molecule has 3 heterocycles. The number of alkyl halides is 3. The van der Waals surface area contributed by atoms with Gasteiger partial charge in [0.05, 0.1) is 11.3 Å². The maximum atomic E-state index is 13.9. The Labute approximate surface area is 211 Å². The maximum absolute atomic E-state index is 13.9. The van der Waals surface area contributed by atoms with Crippen molar-refractivity contribution in [2.75, 3.05) is 6.54 Å². The molecule has 2 atom stereocenters. The first-order valence-corrected chi connectivity index (χ1v) is 12.1. The Balaban J connectivity index is 1.43. The quantitative estimate of drug-likeness (QED) is 0.492. The van der Waals surface area contributed by atoms with Crippen LogP contribution in [0.1, 0.15) is 43.2 Å². The number of benzene rings is 2. The zero-order chi connectivity index (χ0) is 26.7. The molecule has 10 heteroatoms. The number of carbonyl (C=O) groups excluding carboxylic acids is 3. The Morgan fingerprint density at radius 2 is 1.86 bits per heavy atom. The molecular weight excluding hydrogens is 485 g/mol. The third kappa shape index (κ3) is 3.86. The molecule has 2 N–H and O–H groups in total. The lowest BCUT2D eigenvalue weighted by molar-refractivity contribution is -0.141. The number of fused-ring (bicyclic) bond motifs is 5. The molecule has 5 rings (SSSR count). The number of rotatable bonds is 5. The molecule has 0 bridgehead atoms. The maximum Gasteiger partial charge on any atom is 0.416 e. The SMILES string of the molecule is CC(C)[C@@H](C(=O)NCc1cccc(C(F)(F)F)c1)N1C(=O)N2CCc3c([nH]c4ccccc34)[C@@]2(C)C1=O. The highest BCUT2D eigenvalue weighted by molar-refractivity contribution is 6.11. The highest BCUT2D eigenvalue weighted by Gasteiger charge is 2.61. The fourth-order valence-corrected chi connectivity index (χ4v) is 5.53. The van der Waals surface area contributed by atoms with Crippen LogP contribution in [0.5, 0.6) is 0 Å². The van der Waals surface area contributed by atoms with Crippen LogP contribution in [0.4, 0.5) is 18.0 Å².